The number of halogens is 1. The fourth-order valence-electron chi connectivity index (χ4n) is 5.92. The summed E-state index contributed by atoms with van der Waals surface area (Å²) in [6.07, 6.45) is 1.22. The predicted molar refractivity (Wildman–Crippen MR) is 139 cm³/mol. The molecule has 3 aliphatic heterocycles. The lowest BCUT2D eigenvalue weighted by atomic mass is 9.76. The van der Waals surface area contributed by atoms with Crippen molar-refractivity contribution in [3.8, 4) is 0 Å². The summed E-state index contributed by atoms with van der Waals surface area (Å²) in [6.45, 7) is 1.53. The minimum atomic E-state index is -1.44. The number of amides is 2. The number of nitrogens with one attached hydrogen (secondary N) is 2. The molecule has 1 spiro atoms. The molecule has 3 aromatic carbocycles. The second kappa shape index (κ2) is 9.08. The van der Waals surface area contributed by atoms with Gasteiger partial charge in [-0.3, -0.25) is 19.3 Å². The van der Waals surface area contributed by atoms with Crippen LogP contribution in [0.25, 0.3) is 0 Å². The molecule has 3 atom stereocenters. The Balaban J connectivity index is 0.00000267. The Bertz CT molecular complexity index is 1370. The van der Waals surface area contributed by atoms with Gasteiger partial charge in [0.25, 0.3) is 5.91 Å². The summed E-state index contributed by atoms with van der Waals surface area (Å²) in [5, 5.41) is 16.0. The van der Waals surface area contributed by atoms with E-state index in [1.165, 1.54) is 0 Å². The molecule has 1 unspecified atom stereocenters. The van der Waals surface area contributed by atoms with E-state index in [9.17, 15) is 19.5 Å². The molecule has 0 aromatic heterocycles. The van der Waals surface area contributed by atoms with Gasteiger partial charge < -0.3 is 15.7 Å². The van der Waals surface area contributed by atoms with Gasteiger partial charge in [-0.05, 0) is 61.7 Å². The minimum absolute atomic E-state index is 0. The SMILES string of the molecule is Cl.O=C(O)[C@@H](Cc1cccc(N2C(=O)C3(C(=O)Nc4ccccc43)c3ccccc32)c1)[C@H]1CCNC1. The van der Waals surface area contributed by atoms with E-state index in [1.54, 1.807) is 4.90 Å². The number of hydrogen-bond donors (Lipinski definition) is 3. The van der Waals surface area contributed by atoms with Crippen molar-refractivity contribution >= 4 is 47.3 Å². The first-order chi connectivity index (χ1) is 17.0. The Kier molecular flexibility index (Phi) is 6.06. The number of hydrogen-bond acceptors (Lipinski definition) is 4. The van der Waals surface area contributed by atoms with Crippen LogP contribution < -0.4 is 15.5 Å². The number of benzene rings is 3. The lowest BCUT2D eigenvalue weighted by Gasteiger charge is -2.24. The molecule has 3 aromatic rings. The number of fused-ring (bicyclic) bond motifs is 4. The van der Waals surface area contributed by atoms with Gasteiger partial charge in [0.15, 0.2) is 5.41 Å². The van der Waals surface area contributed by atoms with E-state index in [1.807, 2.05) is 72.8 Å². The Morgan fingerprint density at radius 1 is 1.03 bits per heavy atom. The van der Waals surface area contributed by atoms with Crippen molar-refractivity contribution in [1.29, 1.82) is 0 Å². The van der Waals surface area contributed by atoms with E-state index in [0.29, 0.717) is 41.2 Å². The van der Waals surface area contributed by atoms with E-state index in [2.05, 4.69) is 10.6 Å². The number of carbonyl (C=O) groups excluding carboxylic acids is 2. The molecular formula is C28H26ClN3O4. The standard InChI is InChI=1S/C28H25N3O4.ClH/c32-25(33)20(18-12-13-29-16-18)15-17-6-5-7-19(14-17)31-24-11-4-2-9-22(24)28(27(31)35)21-8-1-3-10-23(21)30-26(28)34;/h1-11,14,18,20,29H,12-13,15-16H2,(H,30,34)(H,32,33);1H/t18-,20-,28?;/m0./s1. The molecule has 3 heterocycles. The van der Waals surface area contributed by atoms with Crippen LogP contribution in [0.4, 0.5) is 17.1 Å². The molecule has 0 bridgehead atoms. The third kappa shape index (κ3) is 3.42. The highest BCUT2D eigenvalue weighted by Crippen LogP contribution is 2.53. The molecule has 36 heavy (non-hydrogen) atoms. The van der Waals surface area contributed by atoms with Crippen molar-refractivity contribution in [3.05, 3.63) is 89.5 Å². The fourth-order valence-corrected chi connectivity index (χ4v) is 5.92. The van der Waals surface area contributed by atoms with E-state index >= 15 is 0 Å². The quantitative estimate of drug-likeness (QED) is 0.459. The molecule has 3 N–H and O–H groups in total. The maximum Gasteiger partial charge on any atom is 0.307 e. The highest BCUT2D eigenvalue weighted by atomic mass is 35.5. The summed E-state index contributed by atoms with van der Waals surface area (Å²) >= 11 is 0. The fraction of sp³-hybridized carbons (Fsp3) is 0.250. The van der Waals surface area contributed by atoms with Crippen molar-refractivity contribution < 1.29 is 19.5 Å². The van der Waals surface area contributed by atoms with Crippen LogP contribution in [0.3, 0.4) is 0 Å². The van der Waals surface area contributed by atoms with Gasteiger partial charge in [0.1, 0.15) is 0 Å². The molecule has 3 aliphatic rings. The van der Waals surface area contributed by atoms with E-state index in [-0.39, 0.29) is 30.1 Å². The summed E-state index contributed by atoms with van der Waals surface area (Å²) in [5.41, 5.74) is 2.65. The molecular weight excluding hydrogens is 478 g/mol. The smallest absolute Gasteiger partial charge is 0.307 e. The highest BCUT2D eigenvalue weighted by Gasteiger charge is 2.61. The second-order valence-corrected chi connectivity index (χ2v) is 9.48. The number of rotatable bonds is 5. The van der Waals surface area contributed by atoms with Gasteiger partial charge in [0.05, 0.1) is 11.6 Å². The molecule has 0 aliphatic carbocycles. The van der Waals surface area contributed by atoms with Gasteiger partial charge in [0.2, 0.25) is 5.91 Å². The number of para-hydroxylation sites is 2. The van der Waals surface area contributed by atoms with E-state index < -0.39 is 17.3 Å². The van der Waals surface area contributed by atoms with Gasteiger partial charge in [0, 0.05) is 22.5 Å². The Labute approximate surface area is 214 Å². The zero-order valence-electron chi connectivity index (χ0n) is 19.4. The average Bonchev–Trinajstić information content (AvgIpc) is 3.55. The number of anilines is 3. The lowest BCUT2D eigenvalue weighted by Crippen LogP contribution is -2.44. The third-order valence-corrected chi connectivity index (χ3v) is 7.60. The van der Waals surface area contributed by atoms with Crippen LogP contribution in [0.2, 0.25) is 0 Å². The lowest BCUT2D eigenvalue weighted by molar-refractivity contribution is -0.143. The van der Waals surface area contributed by atoms with Crippen molar-refractivity contribution in [3.63, 3.8) is 0 Å². The van der Waals surface area contributed by atoms with Crippen LogP contribution in [0.1, 0.15) is 23.1 Å². The summed E-state index contributed by atoms with van der Waals surface area (Å²) < 4.78 is 0. The summed E-state index contributed by atoms with van der Waals surface area (Å²) in [7, 11) is 0. The van der Waals surface area contributed by atoms with E-state index in [4.69, 9.17) is 0 Å². The topological polar surface area (TPSA) is 98.7 Å². The van der Waals surface area contributed by atoms with Gasteiger partial charge in [-0.15, -0.1) is 12.4 Å². The average molecular weight is 504 g/mol. The summed E-state index contributed by atoms with van der Waals surface area (Å²) in [6, 6.07) is 22.2. The van der Waals surface area contributed by atoms with Gasteiger partial charge >= 0.3 is 5.97 Å². The molecule has 2 amide bonds. The first kappa shape index (κ1) is 24.0. The number of nitrogens with zero attached hydrogens (tertiary/aromatic N) is 1. The van der Waals surface area contributed by atoms with Gasteiger partial charge in [-0.1, -0.05) is 48.5 Å². The zero-order valence-corrected chi connectivity index (χ0v) is 20.3. The van der Waals surface area contributed by atoms with Crippen molar-refractivity contribution in [1.82, 2.24) is 5.32 Å². The molecule has 8 heteroatoms. The summed E-state index contributed by atoms with van der Waals surface area (Å²) in [4.78, 5) is 41.2. The molecule has 0 radical (unpaired) electrons. The third-order valence-electron chi connectivity index (χ3n) is 7.60. The van der Waals surface area contributed by atoms with Crippen LogP contribution in [0, 0.1) is 11.8 Å². The van der Waals surface area contributed by atoms with Gasteiger partial charge in [-0.2, -0.15) is 0 Å². The Morgan fingerprint density at radius 3 is 2.53 bits per heavy atom. The number of carboxylic acids is 1. The zero-order chi connectivity index (χ0) is 24.2. The second-order valence-electron chi connectivity index (χ2n) is 9.48. The molecule has 6 rings (SSSR count). The highest BCUT2D eigenvalue weighted by molar-refractivity contribution is 6.32. The van der Waals surface area contributed by atoms with Crippen LogP contribution in [-0.4, -0.2) is 36.0 Å². The minimum Gasteiger partial charge on any atom is -0.481 e. The molecule has 7 nitrogen and oxygen atoms in total. The van der Waals surface area contributed by atoms with Crippen LogP contribution in [0.5, 0.6) is 0 Å². The number of aliphatic carboxylic acids is 1. The maximum absolute atomic E-state index is 14.2. The molecule has 1 saturated heterocycles. The van der Waals surface area contributed by atoms with Gasteiger partial charge in [-0.25, -0.2) is 0 Å². The number of carbonyl (C=O) groups is 3. The monoisotopic (exact) mass is 503 g/mol. The van der Waals surface area contributed by atoms with Crippen molar-refractivity contribution in [2.75, 3.05) is 23.3 Å². The normalized spacial score (nSPS) is 22.7. The van der Waals surface area contributed by atoms with Crippen molar-refractivity contribution in [2.45, 2.75) is 18.3 Å². The predicted octanol–water partition coefficient (Wildman–Crippen LogP) is 3.88. The van der Waals surface area contributed by atoms with Crippen molar-refractivity contribution in [2.24, 2.45) is 11.8 Å². The molecule has 184 valence electrons. The molecule has 0 saturated carbocycles. The maximum atomic E-state index is 14.2. The largest absolute Gasteiger partial charge is 0.481 e. The van der Waals surface area contributed by atoms with E-state index in [0.717, 1.165) is 18.5 Å². The first-order valence-corrected chi connectivity index (χ1v) is 11.9. The van der Waals surface area contributed by atoms with Crippen LogP contribution in [0.15, 0.2) is 72.8 Å². The van der Waals surface area contributed by atoms with Crippen LogP contribution in [-0.2, 0) is 26.2 Å². The molecule has 1 fully saturated rings. The summed E-state index contributed by atoms with van der Waals surface area (Å²) in [5.74, 6) is -1.90. The number of carboxylic acid groups (broad SMARTS) is 1. The van der Waals surface area contributed by atoms with Crippen LogP contribution >= 0.6 is 12.4 Å². The first-order valence-electron chi connectivity index (χ1n) is 11.9. The Hall–Kier alpha value is -3.68. The Morgan fingerprint density at radius 2 is 1.78 bits per heavy atom.